The molecule has 2 fully saturated rings. The van der Waals surface area contributed by atoms with E-state index < -0.39 is 11.5 Å². The van der Waals surface area contributed by atoms with Gasteiger partial charge in [0.15, 0.2) is 11.5 Å². The number of aromatic hydroxyl groups is 1. The normalized spacial score (nSPS) is 20.4. The van der Waals surface area contributed by atoms with Crippen molar-refractivity contribution in [1.29, 1.82) is 0 Å². The number of nitrogens with zero attached hydrogens (tertiary/aromatic N) is 1. The molecule has 3 rings (SSSR count). The Labute approximate surface area is 159 Å². The molecule has 2 amide bonds. The van der Waals surface area contributed by atoms with Crippen LogP contribution in [0.25, 0.3) is 0 Å². The van der Waals surface area contributed by atoms with Gasteiger partial charge in [0.25, 0.3) is 0 Å². The van der Waals surface area contributed by atoms with Crippen LogP contribution in [0.3, 0.4) is 0 Å². The number of carboxylic acid groups (broad SMARTS) is 1. The quantitative estimate of drug-likeness (QED) is 0.734. The number of rotatable bonds is 5. The first-order valence-electron chi connectivity index (χ1n) is 9.43. The topological polar surface area (TPSA) is 99.1 Å². The Bertz CT molecular complexity index is 721. The number of ether oxygens (including phenoxy) is 1. The molecule has 1 saturated heterocycles. The SMILES string of the molecule is COc1cc(CNC(=O)C2(C3(C)CCCCC3)CN(C(=O)O)C2)ccc1O. The molecular weight excluding hydrogens is 348 g/mol. The second kappa shape index (κ2) is 7.29. The van der Waals surface area contributed by atoms with Gasteiger partial charge >= 0.3 is 6.09 Å². The minimum atomic E-state index is -0.971. The van der Waals surface area contributed by atoms with E-state index in [9.17, 15) is 19.8 Å². The number of benzene rings is 1. The number of carbonyl (C=O) groups excluding carboxylic acids is 1. The monoisotopic (exact) mass is 376 g/mol. The van der Waals surface area contributed by atoms with E-state index in [4.69, 9.17) is 4.74 Å². The Morgan fingerprint density at radius 2 is 1.89 bits per heavy atom. The highest BCUT2D eigenvalue weighted by atomic mass is 16.5. The van der Waals surface area contributed by atoms with Crippen molar-refractivity contribution in [3.05, 3.63) is 23.8 Å². The summed E-state index contributed by atoms with van der Waals surface area (Å²) in [6.07, 6.45) is 4.24. The summed E-state index contributed by atoms with van der Waals surface area (Å²) in [6.45, 7) is 2.95. The highest BCUT2D eigenvalue weighted by Crippen LogP contribution is 2.54. The molecule has 1 aliphatic heterocycles. The average molecular weight is 376 g/mol. The minimum Gasteiger partial charge on any atom is -0.504 e. The number of likely N-dealkylation sites (tertiary alicyclic amines) is 1. The second-order valence-electron chi connectivity index (χ2n) is 8.03. The number of amides is 2. The summed E-state index contributed by atoms with van der Waals surface area (Å²) in [5.41, 5.74) is -0.0443. The number of hydrogen-bond acceptors (Lipinski definition) is 4. The first kappa shape index (κ1) is 19.3. The van der Waals surface area contributed by atoms with E-state index in [0.29, 0.717) is 12.3 Å². The number of methoxy groups -OCH3 is 1. The van der Waals surface area contributed by atoms with E-state index in [-0.39, 0.29) is 30.2 Å². The number of carbonyl (C=O) groups is 2. The van der Waals surface area contributed by atoms with Crippen LogP contribution in [-0.4, -0.2) is 47.3 Å². The summed E-state index contributed by atoms with van der Waals surface area (Å²) in [6, 6.07) is 4.96. The molecule has 0 unspecified atom stereocenters. The van der Waals surface area contributed by atoms with Gasteiger partial charge in [-0.3, -0.25) is 4.79 Å². The Morgan fingerprint density at radius 3 is 2.48 bits per heavy atom. The van der Waals surface area contributed by atoms with E-state index in [2.05, 4.69) is 12.2 Å². The van der Waals surface area contributed by atoms with Gasteiger partial charge in [0, 0.05) is 19.6 Å². The van der Waals surface area contributed by atoms with Crippen molar-refractivity contribution in [2.75, 3.05) is 20.2 Å². The number of phenolic OH excluding ortho intramolecular Hbond substituents is 1. The van der Waals surface area contributed by atoms with E-state index in [1.54, 1.807) is 12.1 Å². The second-order valence-corrected chi connectivity index (χ2v) is 8.03. The first-order chi connectivity index (χ1) is 12.8. The van der Waals surface area contributed by atoms with E-state index in [1.165, 1.54) is 24.5 Å². The zero-order chi connectivity index (χ0) is 19.7. The number of nitrogens with one attached hydrogen (secondary N) is 1. The van der Waals surface area contributed by atoms with Crippen LogP contribution in [0, 0.1) is 10.8 Å². The molecule has 2 aliphatic rings. The van der Waals surface area contributed by atoms with Gasteiger partial charge in [-0.05, 0) is 36.0 Å². The van der Waals surface area contributed by atoms with Crippen molar-refractivity contribution in [3.63, 3.8) is 0 Å². The molecule has 7 heteroatoms. The molecule has 0 bridgehead atoms. The van der Waals surface area contributed by atoms with Crippen LogP contribution in [0.5, 0.6) is 11.5 Å². The van der Waals surface area contributed by atoms with Crippen LogP contribution in [-0.2, 0) is 11.3 Å². The van der Waals surface area contributed by atoms with Gasteiger partial charge < -0.3 is 25.2 Å². The molecule has 27 heavy (non-hydrogen) atoms. The molecule has 1 heterocycles. The van der Waals surface area contributed by atoms with Crippen LogP contribution >= 0.6 is 0 Å². The summed E-state index contributed by atoms with van der Waals surface area (Å²) in [7, 11) is 1.48. The van der Waals surface area contributed by atoms with Gasteiger partial charge in [-0.15, -0.1) is 0 Å². The molecule has 0 radical (unpaired) electrons. The Balaban J connectivity index is 1.75. The third-order valence-electron chi connectivity index (χ3n) is 6.44. The molecule has 1 aromatic carbocycles. The fourth-order valence-electron chi connectivity index (χ4n) is 4.53. The third kappa shape index (κ3) is 3.42. The predicted molar refractivity (Wildman–Crippen MR) is 99.7 cm³/mol. The Morgan fingerprint density at radius 1 is 1.22 bits per heavy atom. The number of phenols is 1. The Hall–Kier alpha value is -2.44. The maximum Gasteiger partial charge on any atom is 0.407 e. The van der Waals surface area contributed by atoms with Gasteiger partial charge in [-0.25, -0.2) is 4.79 Å². The smallest absolute Gasteiger partial charge is 0.407 e. The van der Waals surface area contributed by atoms with Crippen LogP contribution in [0.1, 0.15) is 44.6 Å². The Kier molecular flexibility index (Phi) is 5.22. The molecular formula is C20H28N2O5. The van der Waals surface area contributed by atoms with Crippen LogP contribution in [0.4, 0.5) is 4.79 Å². The predicted octanol–water partition coefficient (Wildman–Crippen LogP) is 2.97. The summed E-state index contributed by atoms with van der Waals surface area (Å²) < 4.78 is 5.11. The lowest BCUT2D eigenvalue weighted by Crippen LogP contribution is -2.70. The molecule has 7 nitrogen and oxygen atoms in total. The standard InChI is InChI=1S/C20H28N2O5/c1-19(8-4-3-5-9-19)20(12-22(13-20)18(25)26)17(24)21-11-14-6-7-15(23)16(10-14)27-2/h6-7,10,23H,3-5,8-9,11-13H2,1-2H3,(H,21,24)(H,25,26). The minimum absolute atomic E-state index is 0.0508. The molecule has 1 aromatic rings. The lowest BCUT2D eigenvalue weighted by molar-refractivity contribution is -0.159. The highest BCUT2D eigenvalue weighted by Gasteiger charge is 2.61. The van der Waals surface area contributed by atoms with Gasteiger partial charge in [0.1, 0.15) is 0 Å². The molecule has 1 aliphatic carbocycles. The van der Waals surface area contributed by atoms with Gasteiger partial charge in [0.05, 0.1) is 12.5 Å². The van der Waals surface area contributed by atoms with Crippen LogP contribution in [0.15, 0.2) is 18.2 Å². The van der Waals surface area contributed by atoms with Crippen LogP contribution in [0.2, 0.25) is 0 Å². The largest absolute Gasteiger partial charge is 0.504 e. The molecule has 148 valence electrons. The molecule has 0 aromatic heterocycles. The van der Waals surface area contributed by atoms with E-state index in [0.717, 1.165) is 31.2 Å². The summed E-state index contributed by atoms with van der Waals surface area (Å²) in [4.78, 5) is 25.8. The maximum atomic E-state index is 13.2. The summed E-state index contributed by atoms with van der Waals surface area (Å²) in [5.74, 6) is 0.322. The fourth-order valence-corrected chi connectivity index (χ4v) is 4.53. The third-order valence-corrected chi connectivity index (χ3v) is 6.44. The van der Waals surface area contributed by atoms with Crippen molar-refractivity contribution in [2.45, 2.75) is 45.6 Å². The van der Waals surface area contributed by atoms with Crippen LogP contribution < -0.4 is 10.1 Å². The van der Waals surface area contributed by atoms with E-state index in [1.807, 2.05) is 0 Å². The van der Waals surface area contributed by atoms with Crippen molar-refractivity contribution in [3.8, 4) is 11.5 Å². The lowest BCUT2D eigenvalue weighted by Gasteiger charge is -2.58. The fraction of sp³-hybridized carbons (Fsp3) is 0.600. The maximum absolute atomic E-state index is 13.2. The number of hydrogen-bond donors (Lipinski definition) is 3. The van der Waals surface area contributed by atoms with E-state index >= 15 is 0 Å². The van der Waals surface area contributed by atoms with Crippen molar-refractivity contribution >= 4 is 12.0 Å². The molecule has 3 N–H and O–H groups in total. The molecule has 0 atom stereocenters. The zero-order valence-corrected chi connectivity index (χ0v) is 16.0. The van der Waals surface area contributed by atoms with Gasteiger partial charge in [-0.1, -0.05) is 32.3 Å². The highest BCUT2D eigenvalue weighted by molar-refractivity contribution is 5.87. The van der Waals surface area contributed by atoms with Crippen molar-refractivity contribution in [2.24, 2.45) is 10.8 Å². The first-order valence-corrected chi connectivity index (χ1v) is 9.43. The van der Waals surface area contributed by atoms with Crippen molar-refractivity contribution in [1.82, 2.24) is 10.2 Å². The lowest BCUT2D eigenvalue weighted by atomic mass is 9.54. The molecule has 0 spiro atoms. The van der Waals surface area contributed by atoms with Crippen molar-refractivity contribution < 1.29 is 24.5 Å². The van der Waals surface area contributed by atoms with Gasteiger partial charge in [0.2, 0.25) is 5.91 Å². The zero-order valence-electron chi connectivity index (χ0n) is 16.0. The average Bonchev–Trinajstić information content (AvgIpc) is 2.60. The summed E-state index contributed by atoms with van der Waals surface area (Å²) >= 11 is 0. The van der Waals surface area contributed by atoms with Gasteiger partial charge in [-0.2, -0.15) is 0 Å². The molecule has 1 saturated carbocycles. The summed E-state index contributed by atoms with van der Waals surface area (Å²) in [5, 5.41) is 22.0.